The predicted octanol–water partition coefficient (Wildman–Crippen LogP) is 2.51. The van der Waals surface area contributed by atoms with Crippen LogP contribution in [0.25, 0.3) is 0 Å². The molecular weight excluding hydrogens is 223 g/mol. The first-order valence-corrected chi connectivity index (χ1v) is 5.32. The molecule has 0 rings (SSSR count). The Bertz CT molecular complexity index is 219. The number of alkyl halides is 3. The maximum atomic E-state index is 12.3. The van der Waals surface area contributed by atoms with Gasteiger partial charge < -0.3 is 5.11 Å². The summed E-state index contributed by atoms with van der Waals surface area (Å²) in [5, 5.41) is 8.58. The Labute approximate surface area is 93.2 Å². The van der Waals surface area contributed by atoms with Gasteiger partial charge >= 0.3 is 12.1 Å². The summed E-state index contributed by atoms with van der Waals surface area (Å²) in [5.41, 5.74) is 0. The highest BCUT2D eigenvalue weighted by Gasteiger charge is 2.34. The first-order chi connectivity index (χ1) is 7.30. The van der Waals surface area contributed by atoms with E-state index in [0.29, 0.717) is 12.8 Å². The molecule has 0 aliphatic heterocycles. The van der Waals surface area contributed by atoms with Gasteiger partial charge in [-0.1, -0.05) is 20.3 Å². The summed E-state index contributed by atoms with van der Waals surface area (Å²) in [4.78, 5) is 11.5. The van der Waals surface area contributed by atoms with Crippen molar-refractivity contribution >= 4 is 5.97 Å². The molecule has 0 aliphatic carbocycles. The summed E-state index contributed by atoms with van der Waals surface area (Å²) in [6.07, 6.45) is -2.50. The van der Waals surface area contributed by atoms with Crippen molar-refractivity contribution in [2.24, 2.45) is 0 Å². The van der Waals surface area contributed by atoms with Crippen molar-refractivity contribution in [1.29, 1.82) is 0 Å². The first-order valence-electron chi connectivity index (χ1n) is 5.32. The van der Waals surface area contributed by atoms with Crippen LogP contribution in [0.3, 0.4) is 0 Å². The second-order valence-corrected chi connectivity index (χ2v) is 3.76. The van der Waals surface area contributed by atoms with Crippen molar-refractivity contribution < 1.29 is 23.1 Å². The minimum Gasteiger partial charge on any atom is -0.480 e. The molecule has 0 heterocycles. The highest BCUT2D eigenvalue weighted by Crippen LogP contribution is 2.20. The molecule has 1 unspecified atom stereocenters. The normalized spacial score (nSPS) is 14.1. The molecule has 6 heteroatoms. The zero-order valence-corrected chi connectivity index (χ0v) is 9.55. The highest BCUT2D eigenvalue weighted by atomic mass is 19.4. The van der Waals surface area contributed by atoms with E-state index in [1.165, 1.54) is 0 Å². The van der Waals surface area contributed by atoms with Crippen LogP contribution in [-0.4, -0.2) is 41.3 Å². The number of hydrogen-bond acceptors (Lipinski definition) is 2. The van der Waals surface area contributed by atoms with E-state index in [4.69, 9.17) is 5.11 Å². The lowest BCUT2D eigenvalue weighted by molar-refractivity contribution is -0.158. The van der Waals surface area contributed by atoms with Crippen LogP contribution in [0.15, 0.2) is 0 Å². The fourth-order valence-electron chi connectivity index (χ4n) is 1.70. The molecule has 0 fully saturated rings. The van der Waals surface area contributed by atoms with Crippen molar-refractivity contribution in [3.8, 4) is 0 Å². The van der Waals surface area contributed by atoms with E-state index in [1.807, 2.05) is 6.92 Å². The van der Waals surface area contributed by atoms with Crippen LogP contribution in [0.4, 0.5) is 13.2 Å². The van der Waals surface area contributed by atoms with Crippen molar-refractivity contribution in [3.05, 3.63) is 0 Å². The second kappa shape index (κ2) is 6.73. The number of carboxylic acid groups (broad SMARTS) is 1. The Morgan fingerprint density at radius 2 is 1.94 bits per heavy atom. The molecule has 0 amide bonds. The summed E-state index contributed by atoms with van der Waals surface area (Å²) in [7, 11) is 0. The lowest BCUT2D eigenvalue weighted by Crippen LogP contribution is -2.44. The molecule has 3 nitrogen and oxygen atoms in total. The van der Waals surface area contributed by atoms with Crippen LogP contribution in [-0.2, 0) is 4.79 Å². The van der Waals surface area contributed by atoms with Crippen molar-refractivity contribution in [1.82, 2.24) is 4.90 Å². The van der Waals surface area contributed by atoms with Gasteiger partial charge in [-0.25, -0.2) is 0 Å². The van der Waals surface area contributed by atoms with E-state index < -0.39 is 25.2 Å². The van der Waals surface area contributed by atoms with E-state index in [2.05, 4.69) is 0 Å². The molecule has 0 radical (unpaired) electrons. The van der Waals surface area contributed by atoms with Gasteiger partial charge in [0.25, 0.3) is 0 Å². The van der Waals surface area contributed by atoms with E-state index in [9.17, 15) is 18.0 Å². The van der Waals surface area contributed by atoms with Gasteiger partial charge in [0.15, 0.2) is 0 Å². The second-order valence-electron chi connectivity index (χ2n) is 3.76. The Morgan fingerprint density at radius 3 is 2.25 bits per heavy atom. The quantitative estimate of drug-likeness (QED) is 0.744. The van der Waals surface area contributed by atoms with Gasteiger partial charge in [-0.05, 0) is 12.8 Å². The zero-order valence-electron chi connectivity index (χ0n) is 9.55. The standard InChI is InChI=1S/C10H18F3NO2/c1-3-5-8(4-2)14(6-9(15)16)7-10(11,12)13/h8H,3-7H2,1-2H3,(H,15,16). The molecule has 0 aromatic carbocycles. The Balaban J connectivity index is 4.55. The number of rotatable bonds is 7. The van der Waals surface area contributed by atoms with Crippen molar-refractivity contribution in [3.63, 3.8) is 0 Å². The van der Waals surface area contributed by atoms with Gasteiger partial charge in [-0.15, -0.1) is 0 Å². The Kier molecular flexibility index (Phi) is 6.40. The smallest absolute Gasteiger partial charge is 0.401 e. The van der Waals surface area contributed by atoms with Gasteiger partial charge in [-0.2, -0.15) is 13.2 Å². The molecule has 1 N–H and O–H groups in total. The third kappa shape index (κ3) is 6.66. The molecule has 0 aromatic rings. The molecule has 96 valence electrons. The van der Waals surface area contributed by atoms with E-state index in [0.717, 1.165) is 11.3 Å². The van der Waals surface area contributed by atoms with Crippen LogP contribution in [0.1, 0.15) is 33.1 Å². The molecule has 1 atom stereocenters. The van der Waals surface area contributed by atoms with Crippen LogP contribution < -0.4 is 0 Å². The average molecular weight is 241 g/mol. The Morgan fingerprint density at radius 1 is 1.38 bits per heavy atom. The topological polar surface area (TPSA) is 40.5 Å². The largest absolute Gasteiger partial charge is 0.480 e. The number of halogens is 3. The van der Waals surface area contributed by atoms with Gasteiger partial charge in [0.2, 0.25) is 0 Å². The van der Waals surface area contributed by atoms with Crippen LogP contribution in [0.5, 0.6) is 0 Å². The van der Waals surface area contributed by atoms with Crippen molar-refractivity contribution in [2.75, 3.05) is 13.1 Å². The number of nitrogens with zero attached hydrogens (tertiary/aromatic N) is 1. The molecule has 16 heavy (non-hydrogen) atoms. The van der Waals surface area contributed by atoms with Gasteiger partial charge in [0, 0.05) is 6.04 Å². The molecule has 0 aliphatic rings. The first kappa shape index (κ1) is 15.2. The van der Waals surface area contributed by atoms with Gasteiger partial charge in [0.05, 0.1) is 13.1 Å². The van der Waals surface area contributed by atoms with Crippen LogP contribution in [0.2, 0.25) is 0 Å². The number of carboxylic acids is 1. The lowest BCUT2D eigenvalue weighted by atomic mass is 10.1. The monoisotopic (exact) mass is 241 g/mol. The van der Waals surface area contributed by atoms with E-state index >= 15 is 0 Å². The van der Waals surface area contributed by atoms with E-state index in [1.54, 1.807) is 6.92 Å². The lowest BCUT2D eigenvalue weighted by Gasteiger charge is -2.30. The predicted molar refractivity (Wildman–Crippen MR) is 54.3 cm³/mol. The summed E-state index contributed by atoms with van der Waals surface area (Å²) >= 11 is 0. The van der Waals surface area contributed by atoms with Crippen LogP contribution >= 0.6 is 0 Å². The maximum Gasteiger partial charge on any atom is 0.401 e. The maximum absolute atomic E-state index is 12.3. The fraction of sp³-hybridized carbons (Fsp3) is 0.900. The summed E-state index contributed by atoms with van der Waals surface area (Å²) < 4.78 is 36.8. The minimum absolute atomic E-state index is 0.317. The molecular formula is C10H18F3NO2. The fourth-order valence-corrected chi connectivity index (χ4v) is 1.70. The number of aliphatic carboxylic acids is 1. The minimum atomic E-state index is -4.35. The van der Waals surface area contributed by atoms with E-state index in [-0.39, 0.29) is 6.04 Å². The summed E-state index contributed by atoms with van der Waals surface area (Å²) in [5.74, 6) is -1.22. The average Bonchev–Trinajstić information content (AvgIpc) is 2.09. The highest BCUT2D eigenvalue weighted by molar-refractivity contribution is 5.69. The van der Waals surface area contributed by atoms with Gasteiger partial charge in [0.1, 0.15) is 0 Å². The third-order valence-electron chi connectivity index (χ3n) is 2.33. The molecule has 0 spiro atoms. The summed E-state index contributed by atoms with van der Waals surface area (Å²) in [6, 6.07) is -0.317. The number of hydrogen-bond donors (Lipinski definition) is 1. The number of carbonyl (C=O) groups is 1. The van der Waals surface area contributed by atoms with Gasteiger partial charge in [-0.3, -0.25) is 9.69 Å². The SMILES string of the molecule is CCCC(CC)N(CC(=O)O)CC(F)(F)F. The summed E-state index contributed by atoms with van der Waals surface area (Å²) in [6.45, 7) is 1.93. The van der Waals surface area contributed by atoms with Crippen LogP contribution in [0, 0.1) is 0 Å². The molecule has 0 aromatic heterocycles. The zero-order chi connectivity index (χ0) is 12.8. The molecule has 0 bridgehead atoms. The van der Waals surface area contributed by atoms with Crippen molar-refractivity contribution in [2.45, 2.75) is 45.3 Å². The molecule has 0 saturated heterocycles. The Hall–Kier alpha value is -0.780. The third-order valence-corrected chi connectivity index (χ3v) is 2.33. The molecule has 0 saturated carbocycles.